The van der Waals surface area contributed by atoms with Crippen molar-refractivity contribution in [2.24, 2.45) is 11.7 Å². The van der Waals surface area contributed by atoms with Gasteiger partial charge in [-0.3, -0.25) is 0 Å². The number of benzene rings is 1. The van der Waals surface area contributed by atoms with Crippen molar-refractivity contribution in [1.82, 2.24) is 0 Å². The van der Waals surface area contributed by atoms with E-state index in [1.807, 2.05) is 6.07 Å². The Kier molecular flexibility index (Phi) is 4.77. The van der Waals surface area contributed by atoms with E-state index in [-0.39, 0.29) is 6.04 Å². The topological polar surface area (TPSA) is 35.2 Å². The van der Waals surface area contributed by atoms with Crippen molar-refractivity contribution in [2.45, 2.75) is 38.1 Å². The molecular weight excluding hydrogens is 269 g/mol. The van der Waals surface area contributed by atoms with Gasteiger partial charge >= 0.3 is 0 Å². The van der Waals surface area contributed by atoms with Crippen LogP contribution in [0.25, 0.3) is 0 Å². The van der Waals surface area contributed by atoms with Crippen molar-refractivity contribution in [1.29, 1.82) is 0 Å². The van der Waals surface area contributed by atoms with Gasteiger partial charge in [0.05, 0.1) is 12.1 Å². The summed E-state index contributed by atoms with van der Waals surface area (Å²) in [5.41, 5.74) is 7.29. The van der Waals surface area contributed by atoms with Crippen LogP contribution in [0.5, 0.6) is 5.75 Å². The van der Waals surface area contributed by atoms with Crippen molar-refractivity contribution in [3.8, 4) is 5.75 Å². The van der Waals surface area contributed by atoms with Gasteiger partial charge in [0.2, 0.25) is 0 Å². The summed E-state index contributed by atoms with van der Waals surface area (Å²) in [6.45, 7) is 0. The quantitative estimate of drug-likeness (QED) is 0.883. The van der Waals surface area contributed by atoms with E-state index >= 15 is 0 Å². The molecule has 0 bridgehead atoms. The lowest BCUT2D eigenvalue weighted by Crippen LogP contribution is -2.23. The summed E-state index contributed by atoms with van der Waals surface area (Å²) >= 11 is 12.4. The number of rotatable bonds is 3. The molecule has 2 nitrogen and oxygen atoms in total. The van der Waals surface area contributed by atoms with Gasteiger partial charge in [-0.2, -0.15) is 0 Å². The number of halogens is 2. The van der Waals surface area contributed by atoms with Crippen molar-refractivity contribution >= 4 is 23.2 Å². The summed E-state index contributed by atoms with van der Waals surface area (Å²) < 4.78 is 5.15. The average molecular weight is 288 g/mol. The Labute approximate surface area is 118 Å². The van der Waals surface area contributed by atoms with Crippen LogP contribution in [0.3, 0.4) is 0 Å². The molecule has 0 heterocycles. The van der Waals surface area contributed by atoms with E-state index in [9.17, 15) is 0 Å². The van der Waals surface area contributed by atoms with E-state index < -0.39 is 0 Å². The van der Waals surface area contributed by atoms with Gasteiger partial charge in [0.15, 0.2) is 0 Å². The Morgan fingerprint density at radius 2 is 1.83 bits per heavy atom. The maximum atomic E-state index is 6.35. The first-order valence-electron chi connectivity index (χ1n) is 6.42. The second kappa shape index (κ2) is 6.14. The minimum atomic E-state index is -0.0267. The number of hydrogen-bond acceptors (Lipinski definition) is 2. The molecule has 0 radical (unpaired) electrons. The third-order valence-corrected chi connectivity index (χ3v) is 4.41. The van der Waals surface area contributed by atoms with Gasteiger partial charge in [0.25, 0.3) is 0 Å². The number of nitrogens with two attached hydrogens (primary N) is 1. The molecule has 1 aromatic rings. The minimum absolute atomic E-state index is 0.0267. The Balaban J connectivity index is 2.23. The second-order valence-corrected chi connectivity index (χ2v) is 5.75. The summed E-state index contributed by atoms with van der Waals surface area (Å²) in [5, 5.41) is 1.22. The number of hydrogen-bond donors (Lipinski definition) is 1. The lowest BCUT2D eigenvalue weighted by atomic mass is 9.81. The molecule has 0 aromatic heterocycles. The van der Waals surface area contributed by atoms with Crippen molar-refractivity contribution in [3.05, 3.63) is 27.7 Å². The molecule has 2 rings (SSSR count). The van der Waals surface area contributed by atoms with E-state index in [4.69, 9.17) is 33.7 Å². The number of ether oxygens (including phenoxy) is 1. The van der Waals surface area contributed by atoms with Gasteiger partial charge < -0.3 is 10.5 Å². The lowest BCUT2D eigenvalue weighted by molar-refractivity contribution is 0.308. The predicted octanol–water partition coefficient (Wildman–Crippen LogP) is 4.58. The second-order valence-electron chi connectivity index (χ2n) is 4.93. The van der Waals surface area contributed by atoms with E-state index in [0.717, 1.165) is 5.56 Å². The molecule has 100 valence electrons. The fourth-order valence-corrected chi connectivity index (χ4v) is 3.23. The first kappa shape index (κ1) is 14.0. The smallest absolute Gasteiger partial charge is 0.138 e. The van der Waals surface area contributed by atoms with Crippen molar-refractivity contribution in [2.75, 3.05) is 7.11 Å². The Morgan fingerprint density at radius 3 is 2.44 bits per heavy atom. The lowest BCUT2D eigenvalue weighted by Gasteiger charge is -2.28. The molecule has 0 amide bonds. The zero-order valence-electron chi connectivity index (χ0n) is 10.6. The minimum Gasteiger partial charge on any atom is -0.495 e. The highest BCUT2D eigenvalue weighted by molar-refractivity contribution is 6.34. The molecule has 1 unspecified atom stereocenters. The van der Waals surface area contributed by atoms with Crippen LogP contribution >= 0.6 is 23.2 Å². The molecule has 4 heteroatoms. The summed E-state index contributed by atoms with van der Waals surface area (Å²) in [6.07, 6.45) is 6.21. The van der Waals surface area contributed by atoms with Crippen molar-refractivity contribution in [3.63, 3.8) is 0 Å². The third-order valence-electron chi connectivity index (χ3n) is 3.79. The fraction of sp³-hybridized carbons (Fsp3) is 0.571. The molecule has 0 spiro atoms. The molecule has 1 saturated carbocycles. The Hall–Kier alpha value is -0.440. The molecule has 1 aliphatic carbocycles. The maximum Gasteiger partial charge on any atom is 0.138 e. The van der Waals surface area contributed by atoms with Gasteiger partial charge in [-0.05, 0) is 30.4 Å². The van der Waals surface area contributed by atoms with Crippen LogP contribution in [0, 0.1) is 5.92 Å². The predicted molar refractivity (Wildman–Crippen MR) is 76.5 cm³/mol. The SMILES string of the molecule is COc1cc(Cl)c(C(N)C2CCCCC2)cc1Cl. The summed E-state index contributed by atoms with van der Waals surface area (Å²) in [7, 11) is 1.58. The van der Waals surface area contributed by atoms with E-state index in [2.05, 4.69) is 0 Å². The average Bonchev–Trinajstić information content (AvgIpc) is 2.41. The molecule has 1 fully saturated rings. The summed E-state index contributed by atoms with van der Waals surface area (Å²) in [6, 6.07) is 3.57. The molecule has 0 aliphatic heterocycles. The Bertz CT molecular complexity index is 417. The van der Waals surface area contributed by atoms with Gasteiger partial charge in [-0.1, -0.05) is 42.5 Å². The van der Waals surface area contributed by atoms with Gasteiger partial charge in [-0.15, -0.1) is 0 Å². The van der Waals surface area contributed by atoms with Crippen LogP contribution in [-0.4, -0.2) is 7.11 Å². The molecule has 0 saturated heterocycles. The molecule has 18 heavy (non-hydrogen) atoms. The largest absolute Gasteiger partial charge is 0.495 e. The zero-order chi connectivity index (χ0) is 13.1. The van der Waals surface area contributed by atoms with Gasteiger partial charge in [0, 0.05) is 17.1 Å². The maximum absolute atomic E-state index is 6.35. The monoisotopic (exact) mass is 287 g/mol. The van der Waals surface area contributed by atoms with E-state index in [0.29, 0.717) is 21.7 Å². The Morgan fingerprint density at radius 1 is 1.17 bits per heavy atom. The summed E-state index contributed by atoms with van der Waals surface area (Å²) in [5.74, 6) is 1.11. The first-order valence-corrected chi connectivity index (χ1v) is 7.17. The molecule has 1 aromatic carbocycles. The third kappa shape index (κ3) is 2.93. The van der Waals surface area contributed by atoms with E-state index in [1.54, 1.807) is 13.2 Å². The first-order chi connectivity index (χ1) is 8.63. The normalized spacial score (nSPS) is 18.7. The highest BCUT2D eigenvalue weighted by Gasteiger charge is 2.24. The van der Waals surface area contributed by atoms with E-state index in [1.165, 1.54) is 32.1 Å². The number of methoxy groups -OCH3 is 1. The summed E-state index contributed by atoms with van der Waals surface area (Å²) in [4.78, 5) is 0. The molecule has 1 aliphatic rings. The molecule has 2 N–H and O–H groups in total. The standard InChI is InChI=1S/C14H19Cl2NO/c1-18-13-8-11(15)10(7-12(13)16)14(17)9-5-3-2-4-6-9/h7-9,14H,2-6,17H2,1H3. The van der Waals surface area contributed by atoms with Crippen LogP contribution in [0.4, 0.5) is 0 Å². The van der Waals surface area contributed by atoms with Crippen LogP contribution < -0.4 is 10.5 Å². The molecular formula is C14H19Cl2NO. The highest BCUT2D eigenvalue weighted by Crippen LogP contribution is 2.39. The zero-order valence-corrected chi connectivity index (χ0v) is 12.1. The van der Waals surface area contributed by atoms with Crippen molar-refractivity contribution < 1.29 is 4.74 Å². The van der Waals surface area contributed by atoms with Gasteiger partial charge in [0.1, 0.15) is 5.75 Å². The van der Waals surface area contributed by atoms with Crippen LogP contribution in [0.15, 0.2) is 12.1 Å². The van der Waals surface area contributed by atoms with Crippen LogP contribution in [-0.2, 0) is 0 Å². The van der Waals surface area contributed by atoms with Gasteiger partial charge in [-0.25, -0.2) is 0 Å². The van der Waals surface area contributed by atoms with Crippen LogP contribution in [0.1, 0.15) is 43.7 Å². The fourth-order valence-electron chi connectivity index (χ4n) is 2.70. The molecule has 1 atom stereocenters. The highest BCUT2D eigenvalue weighted by atomic mass is 35.5. The van der Waals surface area contributed by atoms with Crippen LogP contribution in [0.2, 0.25) is 10.0 Å².